The summed E-state index contributed by atoms with van der Waals surface area (Å²) in [6.45, 7) is 3.64. The number of nitrogens with one attached hydrogen (secondary N) is 1. The Bertz CT molecular complexity index is 407. The van der Waals surface area contributed by atoms with Gasteiger partial charge in [-0.15, -0.1) is 0 Å². The minimum Gasteiger partial charge on any atom is -0.394 e. The zero-order valence-electron chi connectivity index (χ0n) is 10.4. The number of carbonyl (C=O) groups is 1. The highest BCUT2D eigenvalue weighted by Gasteiger charge is 2.19. The van der Waals surface area contributed by atoms with Gasteiger partial charge in [-0.1, -0.05) is 6.07 Å². The van der Waals surface area contributed by atoms with Crippen LogP contribution < -0.4 is 11.3 Å². The summed E-state index contributed by atoms with van der Waals surface area (Å²) in [5.41, 5.74) is 4.63. The van der Waals surface area contributed by atoms with Gasteiger partial charge in [-0.05, 0) is 31.5 Å². The number of carbonyl (C=O) groups excluding carboxylic acids is 1. The molecule has 0 fully saturated rings. The molecule has 0 aliphatic heterocycles. The SMILES string of the molecule is Cc1ccc(C(=O)N(C)C(C)CO)c(NN)c1. The first kappa shape index (κ1) is 13.5. The molecular formula is C12H19N3O2. The lowest BCUT2D eigenvalue weighted by molar-refractivity contribution is 0.0683. The molecule has 5 nitrogen and oxygen atoms in total. The normalized spacial score (nSPS) is 12.1. The third-order valence-corrected chi connectivity index (χ3v) is 2.81. The van der Waals surface area contributed by atoms with Crippen molar-refractivity contribution in [1.82, 2.24) is 4.90 Å². The molecule has 0 aromatic heterocycles. The molecule has 0 heterocycles. The van der Waals surface area contributed by atoms with Crippen LogP contribution in [-0.2, 0) is 0 Å². The fourth-order valence-electron chi connectivity index (χ4n) is 1.48. The van der Waals surface area contributed by atoms with Crippen molar-refractivity contribution in [2.24, 2.45) is 5.84 Å². The fourth-order valence-corrected chi connectivity index (χ4v) is 1.48. The topological polar surface area (TPSA) is 78.6 Å². The Kier molecular flexibility index (Phi) is 4.48. The van der Waals surface area contributed by atoms with Gasteiger partial charge < -0.3 is 15.4 Å². The van der Waals surface area contributed by atoms with Crippen molar-refractivity contribution in [3.05, 3.63) is 29.3 Å². The number of hydrazine groups is 1. The van der Waals surface area contributed by atoms with Gasteiger partial charge in [-0.3, -0.25) is 10.6 Å². The summed E-state index contributed by atoms with van der Waals surface area (Å²) in [4.78, 5) is 13.6. The first-order chi connectivity index (χ1) is 8.01. The van der Waals surface area contributed by atoms with E-state index in [1.807, 2.05) is 19.1 Å². The lowest BCUT2D eigenvalue weighted by Crippen LogP contribution is -2.37. The lowest BCUT2D eigenvalue weighted by atomic mass is 10.1. The van der Waals surface area contributed by atoms with Crippen molar-refractivity contribution in [3.63, 3.8) is 0 Å². The van der Waals surface area contributed by atoms with E-state index in [-0.39, 0.29) is 18.6 Å². The minimum atomic E-state index is -0.227. The summed E-state index contributed by atoms with van der Waals surface area (Å²) in [5, 5.41) is 9.04. The second-order valence-corrected chi connectivity index (χ2v) is 4.14. The number of aliphatic hydroxyl groups is 1. The Balaban J connectivity index is 3.03. The summed E-state index contributed by atoms with van der Waals surface area (Å²) in [5.74, 6) is 5.23. The molecule has 0 spiro atoms. The van der Waals surface area contributed by atoms with Crippen molar-refractivity contribution in [2.75, 3.05) is 19.1 Å². The van der Waals surface area contributed by atoms with E-state index in [0.29, 0.717) is 11.3 Å². The Morgan fingerprint density at radius 3 is 2.76 bits per heavy atom. The van der Waals surface area contributed by atoms with Crippen molar-refractivity contribution >= 4 is 11.6 Å². The number of benzene rings is 1. The van der Waals surface area contributed by atoms with Gasteiger partial charge in [0, 0.05) is 7.05 Å². The zero-order chi connectivity index (χ0) is 13.0. The van der Waals surface area contributed by atoms with Crippen molar-refractivity contribution in [1.29, 1.82) is 0 Å². The van der Waals surface area contributed by atoms with E-state index in [4.69, 9.17) is 10.9 Å². The molecule has 1 unspecified atom stereocenters. The maximum atomic E-state index is 12.2. The maximum Gasteiger partial charge on any atom is 0.256 e. The molecule has 17 heavy (non-hydrogen) atoms. The Morgan fingerprint density at radius 1 is 1.59 bits per heavy atom. The number of aryl methyl sites for hydroxylation is 1. The largest absolute Gasteiger partial charge is 0.394 e. The van der Waals surface area contributed by atoms with Crippen LogP contribution >= 0.6 is 0 Å². The first-order valence-corrected chi connectivity index (χ1v) is 5.46. The van der Waals surface area contributed by atoms with Crippen molar-refractivity contribution in [2.45, 2.75) is 19.9 Å². The molecule has 1 amide bonds. The highest BCUT2D eigenvalue weighted by atomic mass is 16.3. The minimum absolute atomic E-state index is 0.0700. The molecule has 1 aromatic rings. The third-order valence-electron chi connectivity index (χ3n) is 2.81. The highest BCUT2D eigenvalue weighted by molar-refractivity contribution is 5.99. The average molecular weight is 237 g/mol. The van der Waals surface area contributed by atoms with Gasteiger partial charge in [0.2, 0.25) is 0 Å². The number of nitrogens with zero attached hydrogens (tertiary/aromatic N) is 1. The van der Waals surface area contributed by atoms with E-state index in [0.717, 1.165) is 5.56 Å². The Labute approximate surface area is 101 Å². The first-order valence-electron chi connectivity index (χ1n) is 5.46. The molecule has 1 rings (SSSR count). The average Bonchev–Trinajstić information content (AvgIpc) is 2.35. The molecule has 0 aliphatic carbocycles. The van der Waals surface area contributed by atoms with Crippen LogP contribution in [0.5, 0.6) is 0 Å². The van der Waals surface area contributed by atoms with Crippen LogP contribution in [0.2, 0.25) is 0 Å². The highest BCUT2D eigenvalue weighted by Crippen LogP contribution is 2.18. The molecule has 1 aromatic carbocycles. The Hall–Kier alpha value is -1.59. The molecule has 0 saturated heterocycles. The second-order valence-electron chi connectivity index (χ2n) is 4.14. The number of rotatable bonds is 4. The van der Waals surface area contributed by atoms with Crippen LogP contribution in [0.4, 0.5) is 5.69 Å². The molecule has 94 valence electrons. The molecule has 5 heteroatoms. The number of anilines is 1. The quantitative estimate of drug-likeness (QED) is 0.533. The van der Waals surface area contributed by atoms with Crippen LogP contribution in [0, 0.1) is 6.92 Å². The summed E-state index contributed by atoms with van der Waals surface area (Å²) >= 11 is 0. The standard InChI is InChI=1S/C12H19N3O2/c1-8-4-5-10(11(6-8)14-13)12(17)15(3)9(2)7-16/h4-6,9,14,16H,7,13H2,1-3H3. The van der Waals surface area contributed by atoms with Crippen LogP contribution in [0.1, 0.15) is 22.8 Å². The number of amides is 1. The lowest BCUT2D eigenvalue weighted by Gasteiger charge is -2.24. The third kappa shape index (κ3) is 2.95. The number of nitrogens with two attached hydrogens (primary N) is 1. The molecule has 4 N–H and O–H groups in total. The van der Waals surface area contributed by atoms with Gasteiger partial charge in [0.15, 0.2) is 0 Å². The smallest absolute Gasteiger partial charge is 0.256 e. The molecular weight excluding hydrogens is 218 g/mol. The van der Waals surface area contributed by atoms with Gasteiger partial charge in [0.25, 0.3) is 5.91 Å². The van der Waals surface area contributed by atoms with E-state index in [2.05, 4.69) is 5.43 Å². The van der Waals surface area contributed by atoms with Crippen LogP contribution in [-0.4, -0.2) is 35.6 Å². The maximum absolute atomic E-state index is 12.2. The molecule has 0 saturated carbocycles. The van der Waals surface area contributed by atoms with Gasteiger partial charge in [-0.2, -0.15) is 0 Å². The van der Waals surface area contributed by atoms with E-state index in [1.165, 1.54) is 4.90 Å². The van der Waals surface area contributed by atoms with Crippen LogP contribution in [0.3, 0.4) is 0 Å². The van der Waals surface area contributed by atoms with E-state index < -0.39 is 0 Å². The van der Waals surface area contributed by atoms with E-state index >= 15 is 0 Å². The monoisotopic (exact) mass is 237 g/mol. The molecule has 0 aliphatic rings. The summed E-state index contributed by atoms with van der Waals surface area (Å²) in [6.07, 6.45) is 0. The van der Waals surface area contributed by atoms with Crippen LogP contribution in [0.25, 0.3) is 0 Å². The second kappa shape index (κ2) is 5.65. The number of hydrogen-bond donors (Lipinski definition) is 3. The van der Waals surface area contributed by atoms with Gasteiger partial charge in [0.1, 0.15) is 0 Å². The molecule has 0 bridgehead atoms. The van der Waals surface area contributed by atoms with E-state index in [1.54, 1.807) is 20.0 Å². The Morgan fingerprint density at radius 2 is 2.24 bits per heavy atom. The number of aliphatic hydroxyl groups excluding tert-OH is 1. The van der Waals surface area contributed by atoms with Gasteiger partial charge in [0.05, 0.1) is 23.9 Å². The van der Waals surface area contributed by atoms with Crippen molar-refractivity contribution in [3.8, 4) is 0 Å². The summed E-state index contributed by atoms with van der Waals surface area (Å²) in [6, 6.07) is 5.17. The van der Waals surface area contributed by atoms with Crippen molar-refractivity contribution < 1.29 is 9.90 Å². The van der Waals surface area contributed by atoms with Gasteiger partial charge >= 0.3 is 0 Å². The number of hydrogen-bond acceptors (Lipinski definition) is 4. The number of nitrogen functional groups attached to an aromatic ring is 1. The molecule has 1 atom stereocenters. The van der Waals surface area contributed by atoms with Gasteiger partial charge in [-0.25, -0.2) is 0 Å². The van der Waals surface area contributed by atoms with Crippen LogP contribution in [0.15, 0.2) is 18.2 Å². The predicted molar refractivity (Wildman–Crippen MR) is 67.6 cm³/mol. The molecule has 0 radical (unpaired) electrons. The summed E-state index contributed by atoms with van der Waals surface area (Å²) in [7, 11) is 1.66. The zero-order valence-corrected chi connectivity index (χ0v) is 10.4. The predicted octanol–water partition coefficient (Wildman–Crippen LogP) is 0.733. The number of likely N-dealkylation sites (N-methyl/N-ethyl adjacent to an activating group) is 1. The fraction of sp³-hybridized carbons (Fsp3) is 0.417. The van der Waals surface area contributed by atoms with E-state index in [9.17, 15) is 4.79 Å². The summed E-state index contributed by atoms with van der Waals surface area (Å²) < 4.78 is 0.